The summed E-state index contributed by atoms with van der Waals surface area (Å²) in [5.41, 5.74) is 4.92. The van der Waals surface area contributed by atoms with E-state index in [4.69, 9.17) is 18.9 Å². The molecule has 0 atom stereocenters. The molecule has 0 saturated carbocycles. The van der Waals surface area contributed by atoms with Crippen molar-refractivity contribution in [1.82, 2.24) is 4.98 Å². The molecule has 1 aromatic heterocycles. The predicted octanol–water partition coefficient (Wildman–Crippen LogP) is 7.43. The summed E-state index contributed by atoms with van der Waals surface area (Å²) in [5.74, 6) is 1.89. The van der Waals surface area contributed by atoms with Crippen molar-refractivity contribution >= 4 is 11.5 Å². The number of benzene rings is 4. The van der Waals surface area contributed by atoms with E-state index in [1.54, 1.807) is 30.7 Å². The lowest BCUT2D eigenvalue weighted by atomic mass is 9.95. The highest BCUT2D eigenvalue weighted by molar-refractivity contribution is 5.91. The number of ether oxygens (including phenoxy) is 4. The molecule has 6 rings (SSSR count). The number of rotatable bonds is 9. The zero-order valence-electron chi connectivity index (χ0n) is 22.2. The lowest BCUT2D eigenvalue weighted by Gasteiger charge is -2.24. The van der Waals surface area contributed by atoms with Gasteiger partial charge in [-0.2, -0.15) is 0 Å². The van der Waals surface area contributed by atoms with E-state index < -0.39 is 5.97 Å². The molecule has 1 aliphatic heterocycles. The molecule has 6 heteroatoms. The van der Waals surface area contributed by atoms with Crippen molar-refractivity contribution in [2.75, 3.05) is 0 Å². The van der Waals surface area contributed by atoms with Crippen LogP contribution in [-0.2, 0) is 19.6 Å². The predicted molar refractivity (Wildman–Crippen MR) is 156 cm³/mol. The lowest BCUT2D eigenvalue weighted by molar-refractivity contribution is 0.0733. The Balaban J connectivity index is 1.30. The van der Waals surface area contributed by atoms with Crippen LogP contribution in [0.25, 0.3) is 5.57 Å². The van der Waals surface area contributed by atoms with Gasteiger partial charge >= 0.3 is 5.97 Å². The van der Waals surface area contributed by atoms with Gasteiger partial charge < -0.3 is 18.9 Å². The Hall–Kier alpha value is -5.36. The lowest BCUT2D eigenvalue weighted by Crippen LogP contribution is -2.12. The van der Waals surface area contributed by atoms with Crippen molar-refractivity contribution in [1.29, 1.82) is 0 Å². The van der Waals surface area contributed by atoms with Crippen LogP contribution in [0.4, 0.5) is 0 Å². The molecule has 0 aliphatic carbocycles. The molecule has 0 fully saturated rings. The van der Waals surface area contributed by atoms with Crippen LogP contribution in [0.3, 0.4) is 0 Å². The van der Waals surface area contributed by atoms with Crippen molar-refractivity contribution in [3.63, 3.8) is 0 Å². The summed E-state index contributed by atoms with van der Waals surface area (Å²) in [6.07, 6.45) is 5.28. The molecule has 6 nitrogen and oxygen atoms in total. The molecule has 41 heavy (non-hydrogen) atoms. The summed E-state index contributed by atoms with van der Waals surface area (Å²) < 4.78 is 24.6. The Labute approximate surface area is 238 Å². The average Bonchev–Trinajstić information content (AvgIpc) is 3.04. The van der Waals surface area contributed by atoms with Gasteiger partial charge in [-0.3, -0.25) is 4.98 Å². The largest absolute Gasteiger partial charge is 0.485 e. The third-order valence-corrected chi connectivity index (χ3v) is 6.67. The maximum absolute atomic E-state index is 12.8. The topological polar surface area (TPSA) is 66.9 Å². The first-order valence-electron chi connectivity index (χ1n) is 13.3. The maximum Gasteiger partial charge on any atom is 0.345 e. The van der Waals surface area contributed by atoms with Gasteiger partial charge in [-0.15, -0.1) is 0 Å². The van der Waals surface area contributed by atoms with Crippen LogP contribution in [0.2, 0.25) is 0 Å². The minimum absolute atomic E-state index is 0.372. The van der Waals surface area contributed by atoms with Crippen LogP contribution < -0.4 is 18.9 Å². The quantitative estimate of drug-likeness (QED) is 0.143. The van der Waals surface area contributed by atoms with Gasteiger partial charge in [0.1, 0.15) is 24.7 Å². The van der Waals surface area contributed by atoms with Gasteiger partial charge in [0.2, 0.25) is 0 Å². The van der Waals surface area contributed by atoms with Crippen molar-refractivity contribution in [2.45, 2.75) is 19.6 Å². The summed E-state index contributed by atoms with van der Waals surface area (Å²) in [4.78, 5) is 16.8. The fourth-order valence-electron chi connectivity index (χ4n) is 4.59. The minimum Gasteiger partial charge on any atom is -0.485 e. The first kappa shape index (κ1) is 25.9. The van der Waals surface area contributed by atoms with Gasteiger partial charge in [0.15, 0.2) is 11.5 Å². The number of allylic oxidation sites excluding steroid dienone is 1. The van der Waals surface area contributed by atoms with E-state index in [1.165, 1.54) is 6.20 Å². The molecule has 4 aromatic carbocycles. The van der Waals surface area contributed by atoms with Crippen LogP contribution in [-0.4, -0.2) is 11.0 Å². The monoisotopic (exact) mass is 541 g/mol. The van der Waals surface area contributed by atoms with Crippen LogP contribution in [0.15, 0.2) is 128 Å². The van der Waals surface area contributed by atoms with Gasteiger partial charge in [0, 0.05) is 35.5 Å². The maximum atomic E-state index is 12.8. The van der Waals surface area contributed by atoms with E-state index in [2.05, 4.69) is 4.98 Å². The van der Waals surface area contributed by atoms with E-state index in [-0.39, 0.29) is 0 Å². The molecule has 0 bridgehead atoms. The highest BCUT2D eigenvalue weighted by Gasteiger charge is 2.25. The number of carbonyl (C=O) groups excluding carboxylic acids is 1. The number of para-hydroxylation sites is 1. The molecule has 0 N–H and O–H groups in total. The Bertz CT molecular complexity index is 1670. The molecule has 0 saturated heterocycles. The van der Waals surface area contributed by atoms with Crippen LogP contribution >= 0.6 is 0 Å². The van der Waals surface area contributed by atoms with Crippen LogP contribution in [0.1, 0.15) is 32.6 Å². The van der Waals surface area contributed by atoms with E-state index in [1.807, 2.05) is 91.0 Å². The highest BCUT2D eigenvalue weighted by Crippen LogP contribution is 2.44. The Morgan fingerprint density at radius 1 is 0.732 bits per heavy atom. The van der Waals surface area contributed by atoms with Gasteiger partial charge in [-0.05, 0) is 41.5 Å². The zero-order chi connectivity index (χ0) is 27.9. The second-order valence-corrected chi connectivity index (χ2v) is 9.48. The highest BCUT2D eigenvalue weighted by atomic mass is 16.5. The first-order chi connectivity index (χ1) is 20.2. The fourth-order valence-corrected chi connectivity index (χ4v) is 4.59. The first-order valence-corrected chi connectivity index (χ1v) is 13.3. The normalized spacial score (nSPS) is 12.0. The van der Waals surface area contributed by atoms with E-state index in [9.17, 15) is 4.79 Å². The summed E-state index contributed by atoms with van der Waals surface area (Å²) in [7, 11) is 0. The number of nitrogens with zero attached hydrogens (tertiary/aromatic N) is 1. The molecule has 2 heterocycles. The molecule has 202 valence electrons. The molecule has 5 aromatic rings. The fraction of sp³-hybridized carbons (Fsp3) is 0.0857. The average molecular weight is 542 g/mol. The molecular weight excluding hydrogens is 514 g/mol. The molecule has 0 unspecified atom stereocenters. The summed E-state index contributed by atoms with van der Waals surface area (Å²) in [5, 5.41) is 0. The third-order valence-electron chi connectivity index (χ3n) is 6.67. The van der Waals surface area contributed by atoms with Crippen LogP contribution in [0.5, 0.6) is 23.0 Å². The number of pyridine rings is 1. The Morgan fingerprint density at radius 3 is 2.17 bits per heavy atom. The summed E-state index contributed by atoms with van der Waals surface area (Å²) in [6, 6.07) is 34.6. The smallest absolute Gasteiger partial charge is 0.345 e. The van der Waals surface area contributed by atoms with Gasteiger partial charge in [0.05, 0.1) is 11.8 Å². The van der Waals surface area contributed by atoms with E-state index in [0.29, 0.717) is 48.2 Å². The Kier molecular flexibility index (Phi) is 7.72. The number of esters is 1. The number of aromatic nitrogens is 1. The standard InChI is InChI=1S/C35H27NO5/c37-35(27-14-9-19-36-21-27)41-32-16-8-7-15-29(32)28-20-30-31(39-24-28)17-18-33(38-22-25-10-3-1-4-11-25)34(30)40-23-26-12-5-2-6-13-26/h1-19,21,24H,20,22-23H2. The number of hydrogen-bond acceptors (Lipinski definition) is 6. The van der Waals surface area contributed by atoms with Gasteiger partial charge in [-0.1, -0.05) is 78.9 Å². The van der Waals surface area contributed by atoms with Crippen molar-refractivity contribution in [2.24, 2.45) is 0 Å². The molecule has 1 aliphatic rings. The number of fused-ring (bicyclic) bond motifs is 1. The second kappa shape index (κ2) is 12.2. The number of carbonyl (C=O) groups is 1. The summed E-state index contributed by atoms with van der Waals surface area (Å²) in [6.45, 7) is 0.773. The van der Waals surface area contributed by atoms with Crippen molar-refractivity contribution in [3.8, 4) is 23.0 Å². The Morgan fingerprint density at radius 2 is 1.44 bits per heavy atom. The van der Waals surface area contributed by atoms with Crippen molar-refractivity contribution < 1.29 is 23.7 Å². The molecular formula is C35H27NO5. The van der Waals surface area contributed by atoms with E-state index >= 15 is 0 Å². The third kappa shape index (κ3) is 6.12. The van der Waals surface area contributed by atoms with Gasteiger partial charge in [0.25, 0.3) is 0 Å². The zero-order valence-corrected chi connectivity index (χ0v) is 22.2. The van der Waals surface area contributed by atoms with Gasteiger partial charge in [-0.25, -0.2) is 4.79 Å². The SMILES string of the molecule is O=C(Oc1ccccc1C1=COc2ccc(OCc3ccccc3)c(OCc3ccccc3)c2C1)c1cccnc1. The molecule has 0 amide bonds. The molecule has 0 radical (unpaired) electrons. The molecule has 0 spiro atoms. The second-order valence-electron chi connectivity index (χ2n) is 9.48. The number of hydrogen-bond donors (Lipinski definition) is 0. The summed E-state index contributed by atoms with van der Waals surface area (Å²) >= 11 is 0. The van der Waals surface area contributed by atoms with Crippen molar-refractivity contribution in [3.05, 3.63) is 156 Å². The van der Waals surface area contributed by atoms with Crippen LogP contribution in [0, 0.1) is 0 Å². The minimum atomic E-state index is -0.480. The van der Waals surface area contributed by atoms with E-state index in [0.717, 1.165) is 27.8 Å².